The fraction of sp³-hybridized carbons (Fsp3) is 0.133. The molecule has 2 aromatic carbocycles. The number of aromatic hydroxyl groups is 1. The number of phenols is 1. The fourth-order valence-corrected chi connectivity index (χ4v) is 2.22. The number of amides is 1. The minimum absolute atomic E-state index is 0.0379. The highest BCUT2D eigenvalue weighted by Crippen LogP contribution is 2.20. The maximum Gasteiger partial charge on any atom is 0.259 e. The van der Waals surface area contributed by atoms with Crippen molar-refractivity contribution < 1.29 is 14.3 Å². The molecule has 0 aliphatic rings. The summed E-state index contributed by atoms with van der Waals surface area (Å²) in [6.45, 7) is 0. The van der Waals surface area contributed by atoms with Crippen molar-refractivity contribution in [3.8, 4) is 5.75 Å². The van der Waals surface area contributed by atoms with Gasteiger partial charge in [-0.05, 0) is 36.2 Å². The normalized spacial score (nSPS) is 10.3. The van der Waals surface area contributed by atoms with Crippen LogP contribution in [0.5, 0.6) is 5.75 Å². The first-order valence-corrected chi connectivity index (χ1v) is 7.17. The lowest BCUT2D eigenvalue weighted by Crippen LogP contribution is -2.12. The van der Waals surface area contributed by atoms with Gasteiger partial charge in [-0.2, -0.15) is 0 Å². The van der Waals surface area contributed by atoms with E-state index in [4.69, 9.17) is 0 Å². The minimum atomic E-state index is -0.585. The second-order valence-electron chi connectivity index (χ2n) is 4.25. The first kappa shape index (κ1) is 14.5. The number of alkyl halides is 1. The molecule has 2 aromatic rings. The van der Waals surface area contributed by atoms with Gasteiger partial charge in [0.1, 0.15) is 11.6 Å². The Morgan fingerprint density at radius 1 is 1.20 bits per heavy atom. The van der Waals surface area contributed by atoms with Gasteiger partial charge in [-0.1, -0.05) is 28.1 Å². The highest BCUT2D eigenvalue weighted by Gasteiger charge is 2.11. The van der Waals surface area contributed by atoms with Crippen molar-refractivity contribution in [3.05, 3.63) is 59.4 Å². The van der Waals surface area contributed by atoms with Crippen molar-refractivity contribution in [2.24, 2.45) is 0 Å². The molecule has 1 amide bonds. The molecule has 0 fully saturated rings. The standard InChI is InChI=1S/C15H13BrFNO2/c16-8-7-10-1-4-12(5-2-10)18-15(20)13-6-3-11(17)9-14(13)19/h1-6,9,19H,7-8H2,(H,18,20). The van der Waals surface area contributed by atoms with Crippen molar-refractivity contribution >= 4 is 27.5 Å². The SMILES string of the molecule is O=C(Nc1ccc(CCBr)cc1)c1ccc(F)cc1O. The Morgan fingerprint density at radius 3 is 2.50 bits per heavy atom. The minimum Gasteiger partial charge on any atom is -0.507 e. The van der Waals surface area contributed by atoms with E-state index in [0.717, 1.165) is 29.4 Å². The maximum atomic E-state index is 12.9. The number of hydrogen-bond acceptors (Lipinski definition) is 2. The van der Waals surface area contributed by atoms with Crippen molar-refractivity contribution in [2.45, 2.75) is 6.42 Å². The zero-order valence-corrected chi connectivity index (χ0v) is 12.2. The summed E-state index contributed by atoms with van der Waals surface area (Å²) in [5.41, 5.74) is 1.82. The third-order valence-electron chi connectivity index (χ3n) is 2.80. The smallest absolute Gasteiger partial charge is 0.259 e. The zero-order valence-electron chi connectivity index (χ0n) is 10.6. The van der Waals surface area contributed by atoms with E-state index < -0.39 is 11.7 Å². The van der Waals surface area contributed by atoms with Crippen molar-refractivity contribution in [1.82, 2.24) is 0 Å². The lowest BCUT2D eigenvalue weighted by molar-refractivity contribution is 0.102. The molecule has 0 heterocycles. The van der Waals surface area contributed by atoms with Crippen LogP contribution in [0.25, 0.3) is 0 Å². The van der Waals surface area contributed by atoms with E-state index >= 15 is 0 Å². The van der Waals surface area contributed by atoms with E-state index in [2.05, 4.69) is 21.2 Å². The van der Waals surface area contributed by atoms with Gasteiger partial charge in [0.15, 0.2) is 0 Å². The van der Waals surface area contributed by atoms with Gasteiger partial charge in [-0.25, -0.2) is 4.39 Å². The summed E-state index contributed by atoms with van der Waals surface area (Å²) in [5.74, 6) is -1.44. The van der Waals surface area contributed by atoms with Crippen LogP contribution < -0.4 is 5.32 Å². The topological polar surface area (TPSA) is 49.3 Å². The average molecular weight is 338 g/mol. The van der Waals surface area contributed by atoms with Crippen LogP contribution in [-0.4, -0.2) is 16.3 Å². The largest absolute Gasteiger partial charge is 0.507 e. The molecule has 3 nitrogen and oxygen atoms in total. The number of benzene rings is 2. The van der Waals surface area contributed by atoms with Gasteiger partial charge >= 0.3 is 0 Å². The quantitative estimate of drug-likeness (QED) is 0.835. The molecule has 0 atom stereocenters. The number of nitrogens with one attached hydrogen (secondary N) is 1. The second kappa shape index (κ2) is 6.52. The lowest BCUT2D eigenvalue weighted by Gasteiger charge is -2.07. The Kier molecular flexibility index (Phi) is 4.74. The molecule has 0 unspecified atom stereocenters. The summed E-state index contributed by atoms with van der Waals surface area (Å²) >= 11 is 3.36. The van der Waals surface area contributed by atoms with Gasteiger partial charge in [0, 0.05) is 17.1 Å². The number of halogens is 2. The molecule has 0 spiro atoms. The molecular weight excluding hydrogens is 325 g/mol. The Hall–Kier alpha value is -1.88. The van der Waals surface area contributed by atoms with Crippen LogP contribution in [-0.2, 0) is 6.42 Å². The van der Waals surface area contributed by atoms with Gasteiger partial charge in [-0.3, -0.25) is 4.79 Å². The second-order valence-corrected chi connectivity index (χ2v) is 5.04. The van der Waals surface area contributed by atoms with Gasteiger partial charge in [0.2, 0.25) is 0 Å². The third-order valence-corrected chi connectivity index (χ3v) is 3.20. The summed E-state index contributed by atoms with van der Waals surface area (Å²) in [5, 5.41) is 13.1. The van der Waals surface area contributed by atoms with Crippen LogP contribution in [0, 0.1) is 5.82 Å². The van der Waals surface area contributed by atoms with Gasteiger partial charge < -0.3 is 10.4 Å². The summed E-state index contributed by atoms with van der Waals surface area (Å²) in [4.78, 5) is 12.0. The highest BCUT2D eigenvalue weighted by atomic mass is 79.9. The van der Waals surface area contributed by atoms with Gasteiger partial charge in [0.25, 0.3) is 5.91 Å². The third kappa shape index (κ3) is 3.57. The molecule has 2 N–H and O–H groups in total. The number of phenolic OH excluding ortho intramolecular Hbond substituents is 1. The van der Waals surface area contributed by atoms with E-state index in [1.807, 2.05) is 12.1 Å². The van der Waals surface area contributed by atoms with Gasteiger partial charge in [0.05, 0.1) is 5.56 Å². The molecule has 0 aliphatic heterocycles. The van der Waals surface area contributed by atoms with E-state index in [1.54, 1.807) is 12.1 Å². The van der Waals surface area contributed by atoms with Gasteiger partial charge in [-0.15, -0.1) is 0 Å². The van der Waals surface area contributed by atoms with Crippen LogP contribution in [0.1, 0.15) is 15.9 Å². The van der Waals surface area contributed by atoms with E-state index in [0.29, 0.717) is 5.69 Å². The molecule has 20 heavy (non-hydrogen) atoms. The fourth-order valence-electron chi connectivity index (χ4n) is 1.76. The van der Waals surface area contributed by atoms with Crippen molar-refractivity contribution in [3.63, 3.8) is 0 Å². The van der Waals surface area contributed by atoms with Crippen LogP contribution in [0.2, 0.25) is 0 Å². The highest BCUT2D eigenvalue weighted by molar-refractivity contribution is 9.09. The molecule has 2 rings (SSSR count). The lowest BCUT2D eigenvalue weighted by atomic mass is 10.1. The van der Waals surface area contributed by atoms with Crippen LogP contribution in [0.3, 0.4) is 0 Å². The molecule has 0 saturated heterocycles. The number of aryl methyl sites for hydroxylation is 1. The summed E-state index contributed by atoms with van der Waals surface area (Å²) < 4.78 is 12.9. The van der Waals surface area contributed by atoms with E-state index in [-0.39, 0.29) is 11.3 Å². The predicted octanol–water partition coefficient (Wildman–Crippen LogP) is 3.72. The van der Waals surface area contributed by atoms with E-state index in [9.17, 15) is 14.3 Å². The summed E-state index contributed by atoms with van der Waals surface area (Å²) in [6.07, 6.45) is 0.910. The Labute approximate surface area is 124 Å². The van der Waals surface area contributed by atoms with Crippen molar-refractivity contribution in [2.75, 3.05) is 10.6 Å². The monoisotopic (exact) mass is 337 g/mol. The van der Waals surface area contributed by atoms with Crippen molar-refractivity contribution in [1.29, 1.82) is 0 Å². The zero-order chi connectivity index (χ0) is 14.5. The number of carbonyl (C=O) groups is 1. The average Bonchev–Trinajstić information content (AvgIpc) is 2.41. The first-order chi connectivity index (χ1) is 9.60. The number of rotatable bonds is 4. The Balaban J connectivity index is 2.11. The first-order valence-electron chi connectivity index (χ1n) is 6.05. The maximum absolute atomic E-state index is 12.9. The summed E-state index contributed by atoms with van der Waals surface area (Å²) in [7, 11) is 0. The number of carbonyl (C=O) groups excluding carboxylic acids is 1. The molecule has 0 radical (unpaired) electrons. The molecule has 104 valence electrons. The van der Waals surface area contributed by atoms with Crippen LogP contribution >= 0.6 is 15.9 Å². The predicted molar refractivity (Wildman–Crippen MR) is 80.0 cm³/mol. The Bertz CT molecular complexity index is 614. The molecule has 0 aliphatic carbocycles. The van der Waals surface area contributed by atoms with E-state index in [1.165, 1.54) is 6.07 Å². The Morgan fingerprint density at radius 2 is 1.90 bits per heavy atom. The number of hydrogen-bond donors (Lipinski definition) is 2. The molecule has 0 saturated carbocycles. The molecule has 5 heteroatoms. The molecule has 0 aromatic heterocycles. The molecular formula is C15H13BrFNO2. The molecule has 0 bridgehead atoms. The van der Waals surface area contributed by atoms with Crippen LogP contribution in [0.4, 0.5) is 10.1 Å². The number of anilines is 1. The summed E-state index contributed by atoms with van der Waals surface area (Å²) in [6, 6.07) is 10.7. The van der Waals surface area contributed by atoms with Crippen LogP contribution in [0.15, 0.2) is 42.5 Å².